The molecule has 1 rings (SSSR count). The molecule has 0 radical (unpaired) electrons. The van der Waals surface area contributed by atoms with E-state index in [1.807, 2.05) is 25.1 Å². The number of aliphatic hydroxyl groups excluding tert-OH is 1. The van der Waals surface area contributed by atoms with Gasteiger partial charge in [0.05, 0.1) is 19.4 Å². The van der Waals surface area contributed by atoms with E-state index < -0.39 is 0 Å². The number of aromatic nitrogens is 1. The number of rotatable bonds is 3. The van der Waals surface area contributed by atoms with E-state index >= 15 is 0 Å². The van der Waals surface area contributed by atoms with Crippen LogP contribution in [0.1, 0.15) is 12.6 Å². The van der Waals surface area contributed by atoms with E-state index in [4.69, 9.17) is 9.84 Å². The van der Waals surface area contributed by atoms with Gasteiger partial charge in [0.2, 0.25) is 5.88 Å². The number of methoxy groups -OCH3 is 1. The van der Waals surface area contributed by atoms with Gasteiger partial charge in [-0.3, -0.25) is 0 Å². The number of hydrogen-bond acceptors (Lipinski definition) is 3. The van der Waals surface area contributed by atoms with E-state index in [-0.39, 0.29) is 6.61 Å². The molecule has 0 bridgehead atoms. The molecule has 1 N–H and O–H groups in total. The van der Waals surface area contributed by atoms with Gasteiger partial charge < -0.3 is 9.84 Å². The van der Waals surface area contributed by atoms with Gasteiger partial charge in [-0.2, -0.15) is 0 Å². The minimum atomic E-state index is 0.0545. The molecule has 13 heavy (non-hydrogen) atoms. The standard InChI is InChI=1S/C10H13NO2/c1-8(7-12)6-9-4-3-5-10(11-9)13-2/h3-6,12H,7H2,1-2H3/b8-6-. The summed E-state index contributed by atoms with van der Waals surface area (Å²) in [7, 11) is 1.58. The largest absolute Gasteiger partial charge is 0.481 e. The summed E-state index contributed by atoms with van der Waals surface area (Å²) in [6.45, 7) is 1.90. The maximum Gasteiger partial charge on any atom is 0.213 e. The van der Waals surface area contributed by atoms with Gasteiger partial charge in [-0.25, -0.2) is 4.98 Å². The molecule has 0 saturated carbocycles. The van der Waals surface area contributed by atoms with E-state index in [1.54, 1.807) is 13.2 Å². The first-order chi connectivity index (χ1) is 6.26. The van der Waals surface area contributed by atoms with Crippen LogP contribution in [0.2, 0.25) is 0 Å². The summed E-state index contributed by atoms with van der Waals surface area (Å²) in [5.41, 5.74) is 1.67. The van der Waals surface area contributed by atoms with Crippen molar-refractivity contribution in [2.75, 3.05) is 13.7 Å². The normalized spacial score (nSPS) is 11.5. The molecule has 0 saturated heterocycles. The van der Waals surface area contributed by atoms with Crippen molar-refractivity contribution in [3.8, 4) is 5.88 Å². The molecule has 0 unspecified atom stereocenters. The Labute approximate surface area is 77.7 Å². The van der Waals surface area contributed by atoms with Crippen molar-refractivity contribution in [3.05, 3.63) is 29.5 Å². The third-order valence-corrected chi connectivity index (χ3v) is 1.60. The van der Waals surface area contributed by atoms with Gasteiger partial charge in [-0.15, -0.1) is 0 Å². The molecule has 3 heteroatoms. The van der Waals surface area contributed by atoms with Crippen LogP contribution in [0, 0.1) is 0 Å². The molecule has 0 aliphatic rings. The zero-order valence-corrected chi connectivity index (χ0v) is 7.82. The highest BCUT2D eigenvalue weighted by atomic mass is 16.5. The zero-order chi connectivity index (χ0) is 9.68. The summed E-state index contributed by atoms with van der Waals surface area (Å²) in [5.74, 6) is 0.583. The van der Waals surface area contributed by atoms with Crippen molar-refractivity contribution in [1.82, 2.24) is 4.98 Å². The predicted octanol–water partition coefficient (Wildman–Crippen LogP) is 1.49. The highest BCUT2D eigenvalue weighted by Gasteiger charge is 1.94. The lowest BCUT2D eigenvalue weighted by atomic mass is 10.2. The molecule has 70 valence electrons. The molecule has 1 heterocycles. The Balaban J connectivity index is 2.89. The average Bonchev–Trinajstić information content (AvgIpc) is 2.18. The van der Waals surface area contributed by atoms with Gasteiger partial charge in [-0.05, 0) is 24.6 Å². The fourth-order valence-corrected chi connectivity index (χ4v) is 0.923. The van der Waals surface area contributed by atoms with E-state index in [0.29, 0.717) is 5.88 Å². The smallest absolute Gasteiger partial charge is 0.213 e. The maximum absolute atomic E-state index is 8.80. The maximum atomic E-state index is 8.80. The minimum Gasteiger partial charge on any atom is -0.481 e. The van der Waals surface area contributed by atoms with Crippen molar-refractivity contribution in [1.29, 1.82) is 0 Å². The quantitative estimate of drug-likeness (QED) is 0.764. The summed E-state index contributed by atoms with van der Waals surface area (Å²) >= 11 is 0. The summed E-state index contributed by atoms with van der Waals surface area (Å²) in [5, 5.41) is 8.80. The third-order valence-electron chi connectivity index (χ3n) is 1.60. The van der Waals surface area contributed by atoms with E-state index in [9.17, 15) is 0 Å². The predicted molar refractivity (Wildman–Crippen MR) is 51.5 cm³/mol. The molecule has 0 atom stereocenters. The number of pyridine rings is 1. The van der Waals surface area contributed by atoms with Crippen molar-refractivity contribution >= 4 is 6.08 Å². The lowest BCUT2D eigenvalue weighted by Crippen LogP contribution is -1.90. The first kappa shape index (κ1) is 9.74. The second-order valence-electron chi connectivity index (χ2n) is 2.75. The number of aliphatic hydroxyl groups is 1. The molecule has 0 aliphatic heterocycles. The molecular formula is C10H13NO2. The van der Waals surface area contributed by atoms with Crippen LogP contribution >= 0.6 is 0 Å². The van der Waals surface area contributed by atoms with Crippen molar-refractivity contribution in [3.63, 3.8) is 0 Å². The molecule has 0 amide bonds. The Bertz CT molecular complexity index is 308. The van der Waals surface area contributed by atoms with Crippen molar-refractivity contribution in [2.24, 2.45) is 0 Å². The fourth-order valence-electron chi connectivity index (χ4n) is 0.923. The summed E-state index contributed by atoms with van der Waals surface area (Å²) < 4.78 is 4.97. The van der Waals surface area contributed by atoms with E-state index in [2.05, 4.69) is 4.98 Å². The number of ether oxygens (including phenoxy) is 1. The van der Waals surface area contributed by atoms with Gasteiger partial charge in [0.15, 0.2) is 0 Å². The van der Waals surface area contributed by atoms with Crippen LogP contribution in [0.5, 0.6) is 5.88 Å². The first-order valence-corrected chi connectivity index (χ1v) is 4.05. The molecular weight excluding hydrogens is 166 g/mol. The zero-order valence-electron chi connectivity index (χ0n) is 7.82. The highest BCUT2D eigenvalue weighted by molar-refractivity contribution is 5.48. The topological polar surface area (TPSA) is 42.4 Å². The molecule has 0 fully saturated rings. The monoisotopic (exact) mass is 179 g/mol. The van der Waals surface area contributed by atoms with E-state index in [0.717, 1.165) is 11.3 Å². The Morgan fingerprint density at radius 2 is 2.38 bits per heavy atom. The van der Waals surface area contributed by atoms with Crippen LogP contribution in [0.25, 0.3) is 6.08 Å². The Morgan fingerprint density at radius 1 is 1.62 bits per heavy atom. The van der Waals surface area contributed by atoms with Crippen LogP contribution in [-0.2, 0) is 0 Å². The molecule has 0 aromatic carbocycles. The molecule has 0 spiro atoms. The third kappa shape index (κ3) is 2.87. The fraction of sp³-hybridized carbons (Fsp3) is 0.300. The summed E-state index contributed by atoms with van der Waals surface area (Å²) in [4.78, 5) is 4.17. The van der Waals surface area contributed by atoms with Crippen LogP contribution in [0.3, 0.4) is 0 Å². The second-order valence-corrected chi connectivity index (χ2v) is 2.75. The van der Waals surface area contributed by atoms with E-state index in [1.165, 1.54) is 0 Å². The Kier molecular flexibility index (Phi) is 3.46. The van der Waals surface area contributed by atoms with Gasteiger partial charge in [-0.1, -0.05) is 6.07 Å². The average molecular weight is 179 g/mol. The number of hydrogen-bond donors (Lipinski definition) is 1. The SMILES string of the molecule is COc1cccc(/C=C(/C)CO)n1. The van der Waals surface area contributed by atoms with Gasteiger partial charge in [0.1, 0.15) is 0 Å². The van der Waals surface area contributed by atoms with Crippen molar-refractivity contribution < 1.29 is 9.84 Å². The molecule has 0 aliphatic carbocycles. The van der Waals surface area contributed by atoms with Gasteiger partial charge >= 0.3 is 0 Å². The first-order valence-electron chi connectivity index (χ1n) is 4.05. The molecule has 3 nitrogen and oxygen atoms in total. The second kappa shape index (κ2) is 4.62. The van der Waals surface area contributed by atoms with Gasteiger partial charge in [0.25, 0.3) is 0 Å². The van der Waals surface area contributed by atoms with Crippen LogP contribution in [0.4, 0.5) is 0 Å². The summed E-state index contributed by atoms with van der Waals surface area (Å²) in [6.07, 6.45) is 1.82. The van der Waals surface area contributed by atoms with Crippen LogP contribution in [-0.4, -0.2) is 23.8 Å². The minimum absolute atomic E-state index is 0.0545. The molecule has 1 aromatic heterocycles. The number of nitrogens with zero attached hydrogens (tertiary/aromatic N) is 1. The highest BCUT2D eigenvalue weighted by Crippen LogP contribution is 2.09. The lowest BCUT2D eigenvalue weighted by Gasteiger charge is -2.00. The Morgan fingerprint density at radius 3 is 3.00 bits per heavy atom. The lowest BCUT2D eigenvalue weighted by molar-refractivity contribution is 0.332. The van der Waals surface area contributed by atoms with Crippen molar-refractivity contribution in [2.45, 2.75) is 6.92 Å². The van der Waals surface area contributed by atoms with Crippen LogP contribution < -0.4 is 4.74 Å². The Hall–Kier alpha value is -1.35. The molecule has 1 aromatic rings. The summed E-state index contributed by atoms with van der Waals surface area (Å²) in [6, 6.07) is 5.51. The van der Waals surface area contributed by atoms with Gasteiger partial charge in [0, 0.05) is 6.07 Å². The van der Waals surface area contributed by atoms with Crippen LogP contribution in [0.15, 0.2) is 23.8 Å².